The van der Waals surface area contributed by atoms with Crippen LogP contribution in [0.4, 0.5) is 5.69 Å². The zero-order valence-electron chi connectivity index (χ0n) is 19.1. The number of Topliss-reactive ketones (excluding diaryl/α,β-unsaturated/α-hetero) is 1. The largest absolute Gasteiger partial charge is 0.368 e. The zero-order chi connectivity index (χ0) is 24.4. The Morgan fingerprint density at radius 2 is 1.57 bits per heavy atom. The minimum absolute atomic E-state index is 0.0445. The van der Waals surface area contributed by atoms with Gasteiger partial charge in [-0.25, -0.2) is 4.68 Å². The van der Waals surface area contributed by atoms with Crippen LogP contribution < -0.4 is 4.90 Å². The van der Waals surface area contributed by atoms with Gasteiger partial charge in [-0.05, 0) is 67.6 Å². The van der Waals surface area contributed by atoms with E-state index in [-0.39, 0.29) is 17.4 Å². The van der Waals surface area contributed by atoms with Gasteiger partial charge < -0.3 is 9.80 Å². The molecule has 1 saturated heterocycles. The lowest BCUT2D eigenvalue weighted by Gasteiger charge is -2.36. The molecule has 0 aliphatic carbocycles. The number of aromatic nitrogens is 4. The predicted octanol–water partition coefficient (Wildman–Crippen LogP) is 4.15. The van der Waals surface area contributed by atoms with Gasteiger partial charge in [-0.2, -0.15) is 0 Å². The lowest BCUT2D eigenvalue weighted by molar-refractivity contribution is 0.0741. The van der Waals surface area contributed by atoms with Crippen molar-refractivity contribution in [2.45, 2.75) is 6.92 Å². The molecule has 3 heterocycles. The lowest BCUT2D eigenvalue weighted by Crippen LogP contribution is -2.49. The highest BCUT2D eigenvalue weighted by Gasteiger charge is 2.29. The van der Waals surface area contributed by atoms with Crippen LogP contribution in [0.25, 0.3) is 16.9 Å². The van der Waals surface area contributed by atoms with Crippen LogP contribution in [0.1, 0.15) is 27.8 Å². The van der Waals surface area contributed by atoms with E-state index >= 15 is 0 Å². The number of hydrogen-bond donors (Lipinski definition) is 0. The third-order valence-electron chi connectivity index (χ3n) is 6.08. The molecule has 0 atom stereocenters. The number of nitrogens with zero attached hydrogens (tertiary/aromatic N) is 6. The molecular formula is C26H23ClN6O2. The Balaban J connectivity index is 1.39. The molecule has 0 unspecified atom stereocenters. The smallest absolute Gasteiger partial charge is 0.276 e. The van der Waals surface area contributed by atoms with Crippen molar-refractivity contribution in [1.29, 1.82) is 0 Å². The van der Waals surface area contributed by atoms with Crippen LogP contribution >= 0.6 is 11.6 Å². The Hall–Kier alpha value is -4.04. The second kappa shape index (κ2) is 9.68. The summed E-state index contributed by atoms with van der Waals surface area (Å²) >= 11 is 6.06. The van der Waals surface area contributed by atoms with Gasteiger partial charge >= 0.3 is 0 Å². The van der Waals surface area contributed by atoms with Crippen LogP contribution in [0.3, 0.4) is 0 Å². The van der Waals surface area contributed by atoms with E-state index in [0.29, 0.717) is 42.5 Å². The molecule has 35 heavy (non-hydrogen) atoms. The van der Waals surface area contributed by atoms with Gasteiger partial charge in [0.1, 0.15) is 5.69 Å². The molecule has 1 fully saturated rings. The SMILES string of the molecule is CC(=O)c1ccc(N2CCN(C(=O)c3nnn(-c4ccc(Cl)cc4)c3-c3cccnc3)CC2)cc1. The van der Waals surface area contributed by atoms with Crippen LogP contribution in [0.2, 0.25) is 5.02 Å². The normalized spacial score (nSPS) is 13.7. The molecule has 1 aliphatic rings. The van der Waals surface area contributed by atoms with E-state index in [1.54, 1.807) is 41.0 Å². The summed E-state index contributed by atoms with van der Waals surface area (Å²) in [5.74, 6) is -0.126. The summed E-state index contributed by atoms with van der Waals surface area (Å²) in [7, 11) is 0. The first-order chi connectivity index (χ1) is 17.0. The number of halogens is 1. The van der Waals surface area contributed by atoms with Crippen LogP contribution in [-0.4, -0.2) is 62.7 Å². The van der Waals surface area contributed by atoms with Crippen LogP contribution in [0.15, 0.2) is 73.1 Å². The van der Waals surface area contributed by atoms with Crippen molar-refractivity contribution in [3.63, 3.8) is 0 Å². The van der Waals surface area contributed by atoms with Gasteiger partial charge in [0.2, 0.25) is 0 Å². The number of pyridine rings is 1. The van der Waals surface area contributed by atoms with E-state index in [2.05, 4.69) is 20.2 Å². The number of benzene rings is 2. The molecule has 9 heteroatoms. The van der Waals surface area contributed by atoms with Gasteiger partial charge in [-0.1, -0.05) is 16.8 Å². The number of carbonyl (C=O) groups is 2. The van der Waals surface area contributed by atoms with E-state index in [4.69, 9.17) is 11.6 Å². The van der Waals surface area contributed by atoms with Crippen LogP contribution in [-0.2, 0) is 0 Å². The number of amides is 1. The summed E-state index contributed by atoms with van der Waals surface area (Å²) in [6, 6.07) is 18.5. The monoisotopic (exact) mass is 486 g/mol. The number of hydrogen-bond acceptors (Lipinski definition) is 6. The number of carbonyl (C=O) groups excluding carboxylic acids is 2. The van der Waals surface area contributed by atoms with Crippen molar-refractivity contribution in [2.75, 3.05) is 31.1 Å². The maximum absolute atomic E-state index is 13.6. The second-order valence-corrected chi connectivity index (χ2v) is 8.74. The Morgan fingerprint density at radius 1 is 0.886 bits per heavy atom. The summed E-state index contributed by atoms with van der Waals surface area (Å²) < 4.78 is 1.65. The Kier molecular flexibility index (Phi) is 6.29. The average Bonchev–Trinajstić information content (AvgIpc) is 3.34. The first-order valence-corrected chi connectivity index (χ1v) is 11.7. The highest BCUT2D eigenvalue weighted by atomic mass is 35.5. The fourth-order valence-electron chi connectivity index (χ4n) is 4.18. The molecule has 0 N–H and O–H groups in total. The van der Waals surface area contributed by atoms with E-state index in [9.17, 15) is 9.59 Å². The fourth-order valence-corrected chi connectivity index (χ4v) is 4.30. The van der Waals surface area contributed by atoms with Crippen molar-refractivity contribution in [3.8, 4) is 16.9 Å². The van der Waals surface area contributed by atoms with Gasteiger partial charge in [0, 0.05) is 60.4 Å². The first-order valence-electron chi connectivity index (χ1n) is 11.3. The fraction of sp³-hybridized carbons (Fsp3) is 0.192. The summed E-state index contributed by atoms with van der Waals surface area (Å²) in [6.45, 7) is 4.01. The minimum Gasteiger partial charge on any atom is -0.368 e. The van der Waals surface area contributed by atoms with Gasteiger partial charge in [-0.3, -0.25) is 14.6 Å². The van der Waals surface area contributed by atoms with E-state index in [0.717, 1.165) is 16.9 Å². The standard InChI is InChI=1S/C26H23ClN6O2/c1-18(34)19-4-8-22(9-5-19)31-13-15-32(16-14-31)26(35)24-25(20-3-2-12-28-17-20)33(30-29-24)23-10-6-21(27)7-11-23/h2-12,17H,13-16H2,1H3. The summed E-state index contributed by atoms with van der Waals surface area (Å²) in [5, 5.41) is 9.20. The summed E-state index contributed by atoms with van der Waals surface area (Å²) in [4.78, 5) is 33.3. The highest BCUT2D eigenvalue weighted by Crippen LogP contribution is 2.27. The zero-order valence-corrected chi connectivity index (χ0v) is 19.9. The van der Waals surface area contributed by atoms with Gasteiger partial charge in [0.25, 0.3) is 5.91 Å². The van der Waals surface area contributed by atoms with Crippen molar-refractivity contribution >= 4 is 29.0 Å². The molecule has 2 aromatic carbocycles. The summed E-state index contributed by atoms with van der Waals surface area (Å²) in [6.07, 6.45) is 3.38. The van der Waals surface area contributed by atoms with E-state index in [1.807, 2.05) is 48.5 Å². The molecule has 1 amide bonds. The molecule has 0 bridgehead atoms. The van der Waals surface area contributed by atoms with Gasteiger partial charge in [0.05, 0.1) is 5.69 Å². The van der Waals surface area contributed by atoms with Crippen molar-refractivity contribution in [3.05, 3.63) is 89.3 Å². The van der Waals surface area contributed by atoms with Crippen molar-refractivity contribution in [1.82, 2.24) is 24.9 Å². The molecular weight excluding hydrogens is 464 g/mol. The molecule has 2 aromatic heterocycles. The maximum Gasteiger partial charge on any atom is 0.276 e. The maximum atomic E-state index is 13.6. The lowest BCUT2D eigenvalue weighted by atomic mass is 10.1. The topological polar surface area (TPSA) is 84.2 Å². The second-order valence-electron chi connectivity index (χ2n) is 8.30. The van der Waals surface area contributed by atoms with Crippen LogP contribution in [0.5, 0.6) is 0 Å². The molecule has 0 spiro atoms. The van der Waals surface area contributed by atoms with E-state index in [1.165, 1.54) is 0 Å². The van der Waals surface area contributed by atoms with Crippen molar-refractivity contribution in [2.24, 2.45) is 0 Å². The predicted molar refractivity (Wildman–Crippen MR) is 134 cm³/mol. The summed E-state index contributed by atoms with van der Waals surface area (Å²) in [5.41, 5.74) is 4.10. The molecule has 5 rings (SSSR count). The third kappa shape index (κ3) is 4.65. The number of ketones is 1. The molecule has 4 aromatic rings. The van der Waals surface area contributed by atoms with Gasteiger partial charge in [0.15, 0.2) is 11.5 Å². The van der Waals surface area contributed by atoms with Crippen LogP contribution in [0, 0.1) is 0 Å². The quantitative estimate of drug-likeness (QED) is 0.394. The Bertz CT molecular complexity index is 1350. The molecule has 0 radical (unpaired) electrons. The molecule has 8 nitrogen and oxygen atoms in total. The highest BCUT2D eigenvalue weighted by molar-refractivity contribution is 6.30. The van der Waals surface area contributed by atoms with Gasteiger partial charge in [-0.15, -0.1) is 5.10 Å². The minimum atomic E-state index is -0.171. The number of rotatable bonds is 5. The third-order valence-corrected chi connectivity index (χ3v) is 6.34. The molecule has 1 aliphatic heterocycles. The Morgan fingerprint density at radius 3 is 2.20 bits per heavy atom. The number of anilines is 1. The first kappa shape index (κ1) is 22.7. The van der Waals surface area contributed by atoms with Crippen molar-refractivity contribution < 1.29 is 9.59 Å². The molecule has 176 valence electrons. The Labute approximate surface area is 207 Å². The van der Waals surface area contributed by atoms with E-state index < -0.39 is 0 Å². The number of piperazine rings is 1. The molecule has 0 saturated carbocycles. The average molecular weight is 487 g/mol.